The van der Waals surface area contributed by atoms with Gasteiger partial charge in [-0.1, -0.05) is 12.1 Å². The SMILES string of the molecule is COc1cc(C2=N/C(=C\c3ccc(OC(F)F)cc3)C(=O)O2)cc(OC)c1OC. The molecule has 0 amide bonds. The smallest absolute Gasteiger partial charge is 0.387 e. The third-order valence-electron chi connectivity index (χ3n) is 3.94. The van der Waals surface area contributed by atoms with Gasteiger partial charge in [0.05, 0.1) is 21.3 Å². The lowest BCUT2D eigenvalue weighted by atomic mass is 10.1. The molecule has 0 saturated heterocycles. The van der Waals surface area contributed by atoms with Crippen LogP contribution >= 0.6 is 0 Å². The van der Waals surface area contributed by atoms with Crippen LogP contribution in [0, 0.1) is 0 Å². The monoisotopic (exact) mass is 405 g/mol. The van der Waals surface area contributed by atoms with Gasteiger partial charge in [0.1, 0.15) is 5.75 Å². The van der Waals surface area contributed by atoms with Gasteiger partial charge in [-0.25, -0.2) is 9.79 Å². The molecule has 9 heteroatoms. The summed E-state index contributed by atoms with van der Waals surface area (Å²) in [6.07, 6.45) is 1.47. The normalized spacial score (nSPS) is 14.6. The van der Waals surface area contributed by atoms with Crippen molar-refractivity contribution in [3.8, 4) is 23.0 Å². The van der Waals surface area contributed by atoms with Gasteiger partial charge in [0, 0.05) is 5.56 Å². The van der Waals surface area contributed by atoms with Crippen LogP contribution in [0.25, 0.3) is 6.08 Å². The first-order chi connectivity index (χ1) is 13.9. The molecule has 0 saturated carbocycles. The molecule has 0 N–H and O–H groups in total. The number of methoxy groups -OCH3 is 3. The molecule has 29 heavy (non-hydrogen) atoms. The highest BCUT2D eigenvalue weighted by Gasteiger charge is 2.26. The van der Waals surface area contributed by atoms with Crippen LogP contribution in [-0.4, -0.2) is 39.8 Å². The summed E-state index contributed by atoms with van der Waals surface area (Å²) in [5, 5.41) is 0. The molecule has 0 fully saturated rings. The van der Waals surface area contributed by atoms with Crippen molar-refractivity contribution in [1.29, 1.82) is 0 Å². The first-order valence-corrected chi connectivity index (χ1v) is 8.33. The van der Waals surface area contributed by atoms with Crippen molar-refractivity contribution in [1.82, 2.24) is 0 Å². The highest BCUT2D eigenvalue weighted by Crippen LogP contribution is 2.39. The number of halogens is 2. The number of hydrogen-bond donors (Lipinski definition) is 0. The summed E-state index contributed by atoms with van der Waals surface area (Å²) < 4.78 is 49.8. The molecular formula is C20H17F2NO6. The standard InChI is InChI=1S/C20H17F2NO6/c1-25-15-9-12(10-16(26-2)17(15)27-3)18-23-14(19(24)29-18)8-11-4-6-13(7-5-11)28-20(21)22/h4-10,20H,1-3H3/b14-8-. The molecule has 7 nitrogen and oxygen atoms in total. The largest absolute Gasteiger partial charge is 0.493 e. The van der Waals surface area contributed by atoms with Crippen molar-refractivity contribution >= 4 is 17.9 Å². The van der Waals surface area contributed by atoms with Gasteiger partial charge in [0.2, 0.25) is 11.6 Å². The molecule has 0 aromatic heterocycles. The molecule has 0 bridgehead atoms. The summed E-state index contributed by atoms with van der Waals surface area (Å²) in [5.41, 5.74) is 1.07. The van der Waals surface area contributed by atoms with Crippen molar-refractivity contribution < 1.29 is 37.3 Å². The second-order valence-corrected chi connectivity index (χ2v) is 5.70. The Hall–Kier alpha value is -3.62. The number of ether oxygens (including phenoxy) is 5. The van der Waals surface area contributed by atoms with Gasteiger partial charge < -0.3 is 23.7 Å². The van der Waals surface area contributed by atoms with E-state index in [1.165, 1.54) is 51.7 Å². The molecule has 0 unspecified atom stereocenters. The zero-order valence-corrected chi connectivity index (χ0v) is 15.8. The van der Waals surface area contributed by atoms with Crippen molar-refractivity contribution in [3.05, 3.63) is 53.2 Å². The van der Waals surface area contributed by atoms with E-state index < -0.39 is 12.6 Å². The van der Waals surface area contributed by atoms with Crippen LogP contribution in [0.15, 0.2) is 47.1 Å². The van der Waals surface area contributed by atoms with E-state index in [0.29, 0.717) is 28.4 Å². The van der Waals surface area contributed by atoms with E-state index in [9.17, 15) is 13.6 Å². The third-order valence-corrected chi connectivity index (χ3v) is 3.94. The van der Waals surface area contributed by atoms with Crippen LogP contribution in [0.4, 0.5) is 8.78 Å². The fraction of sp³-hybridized carbons (Fsp3) is 0.200. The highest BCUT2D eigenvalue weighted by atomic mass is 19.3. The van der Waals surface area contributed by atoms with Crippen LogP contribution in [-0.2, 0) is 9.53 Å². The Morgan fingerprint density at radius 1 is 1.00 bits per heavy atom. The molecule has 152 valence electrons. The highest BCUT2D eigenvalue weighted by molar-refractivity contribution is 6.13. The average Bonchev–Trinajstić information content (AvgIpc) is 3.08. The Kier molecular flexibility index (Phi) is 5.96. The Labute approximate surface area is 165 Å². The topological polar surface area (TPSA) is 75.6 Å². The Balaban J connectivity index is 1.91. The van der Waals surface area contributed by atoms with E-state index in [0.717, 1.165) is 0 Å². The van der Waals surface area contributed by atoms with Gasteiger partial charge in [-0.3, -0.25) is 0 Å². The third kappa shape index (κ3) is 4.45. The van der Waals surface area contributed by atoms with Gasteiger partial charge in [0.25, 0.3) is 0 Å². The molecular weight excluding hydrogens is 388 g/mol. The van der Waals surface area contributed by atoms with Crippen LogP contribution in [0.2, 0.25) is 0 Å². The number of cyclic esters (lactones) is 1. The summed E-state index contributed by atoms with van der Waals surface area (Å²) in [4.78, 5) is 16.4. The van der Waals surface area contributed by atoms with Crippen LogP contribution < -0.4 is 18.9 Å². The van der Waals surface area contributed by atoms with Gasteiger partial charge in [-0.15, -0.1) is 0 Å². The maximum absolute atomic E-state index is 12.2. The minimum atomic E-state index is -2.91. The second kappa shape index (κ2) is 8.59. The minimum absolute atomic E-state index is 0.0118. The van der Waals surface area contributed by atoms with Crippen molar-refractivity contribution in [2.75, 3.05) is 21.3 Å². The van der Waals surface area contributed by atoms with Crippen LogP contribution in [0.1, 0.15) is 11.1 Å². The zero-order valence-electron chi connectivity index (χ0n) is 15.8. The molecule has 0 atom stereocenters. The van der Waals surface area contributed by atoms with Gasteiger partial charge in [-0.2, -0.15) is 8.78 Å². The fourth-order valence-electron chi connectivity index (χ4n) is 2.64. The number of carbonyl (C=O) groups is 1. The summed E-state index contributed by atoms with van der Waals surface area (Å²) >= 11 is 0. The van der Waals surface area contributed by atoms with Gasteiger partial charge >= 0.3 is 12.6 Å². The van der Waals surface area contributed by atoms with E-state index in [2.05, 4.69) is 9.73 Å². The lowest BCUT2D eigenvalue weighted by Crippen LogP contribution is -2.06. The maximum atomic E-state index is 12.2. The fourth-order valence-corrected chi connectivity index (χ4v) is 2.64. The number of alkyl halides is 2. The van der Waals surface area contributed by atoms with Gasteiger partial charge in [0.15, 0.2) is 17.2 Å². The maximum Gasteiger partial charge on any atom is 0.387 e. The molecule has 3 rings (SSSR count). The van der Waals surface area contributed by atoms with Crippen molar-refractivity contribution in [2.45, 2.75) is 6.61 Å². The van der Waals surface area contributed by atoms with Crippen molar-refractivity contribution in [2.24, 2.45) is 4.99 Å². The molecule has 1 aliphatic rings. The number of esters is 1. The van der Waals surface area contributed by atoms with E-state index in [-0.39, 0.29) is 17.3 Å². The predicted molar refractivity (Wildman–Crippen MR) is 99.8 cm³/mol. The Bertz CT molecular complexity index is 944. The summed E-state index contributed by atoms with van der Waals surface area (Å²) in [7, 11) is 4.41. The number of benzene rings is 2. The molecule has 1 heterocycles. The Morgan fingerprint density at radius 2 is 1.62 bits per heavy atom. The first-order valence-electron chi connectivity index (χ1n) is 8.33. The molecule has 0 spiro atoms. The Morgan fingerprint density at radius 3 is 2.14 bits per heavy atom. The summed E-state index contributed by atoms with van der Waals surface area (Å²) in [6.45, 7) is -2.91. The van der Waals surface area contributed by atoms with Crippen LogP contribution in [0.5, 0.6) is 23.0 Å². The van der Waals surface area contributed by atoms with E-state index >= 15 is 0 Å². The summed E-state index contributed by atoms with van der Waals surface area (Å²) in [6, 6.07) is 8.97. The number of nitrogens with zero attached hydrogens (tertiary/aromatic N) is 1. The van der Waals surface area contributed by atoms with Crippen LogP contribution in [0.3, 0.4) is 0 Å². The number of rotatable bonds is 7. The number of hydrogen-bond acceptors (Lipinski definition) is 7. The molecule has 1 aliphatic heterocycles. The number of carbonyl (C=O) groups excluding carboxylic acids is 1. The van der Waals surface area contributed by atoms with Crippen molar-refractivity contribution in [3.63, 3.8) is 0 Å². The molecule has 2 aromatic carbocycles. The average molecular weight is 405 g/mol. The van der Waals surface area contributed by atoms with E-state index in [1.54, 1.807) is 12.1 Å². The van der Waals surface area contributed by atoms with E-state index in [4.69, 9.17) is 18.9 Å². The lowest BCUT2D eigenvalue weighted by molar-refractivity contribution is -0.129. The molecule has 0 aliphatic carbocycles. The quantitative estimate of drug-likeness (QED) is 0.517. The molecule has 0 radical (unpaired) electrons. The second-order valence-electron chi connectivity index (χ2n) is 5.70. The van der Waals surface area contributed by atoms with Gasteiger partial charge in [-0.05, 0) is 35.9 Å². The zero-order chi connectivity index (χ0) is 21.0. The minimum Gasteiger partial charge on any atom is -0.493 e. The molecule has 2 aromatic rings. The predicted octanol–water partition coefficient (Wildman–Crippen LogP) is 3.66. The van der Waals surface area contributed by atoms with E-state index in [1.807, 2.05) is 0 Å². The first kappa shape index (κ1) is 20.1. The number of aliphatic imine (C=N–C) groups is 1. The summed E-state index contributed by atoms with van der Waals surface area (Å²) in [5.74, 6) is 0.586. The lowest BCUT2D eigenvalue weighted by Gasteiger charge is -2.13.